The van der Waals surface area contributed by atoms with Crippen molar-refractivity contribution in [2.75, 3.05) is 25.9 Å². The molecule has 0 aliphatic rings. The van der Waals surface area contributed by atoms with Gasteiger partial charge in [-0.1, -0.05) is 36.4 Å². The zero-order valence-corrected chi connectivity index (χ0v) is 27.1. The van der Waals surface area contributed by atoms with E-state index in [2.05, 4.69) is 10.1 Å². The third-order valence-corrected chi connectivity index (χ3v) is 9.77. The fourth-order valence-corrected chi connectivity index (χ4v) is 7.32. The molecule has 5 rings (SSSR count). The van der Waals surface area contributed by atoms with Crippen LogP contribution in [0.15, 0.2) is 79.1 Å². The summed E-state index contributed by atoms with van der Waals surface area (Å²) in [6.07, 6.45) is 2.88. The summed E-state index contributed by atoms with van der Waals surface area (Å²) in [6, 6.07) is 16.6. The van der Waals surface area contributed by atoms with Crippen LogP contribution in [0.5, 0.6) is 17.4 Å². The van der Waals surface area contributed by atoms with E-state index in [0.717, 1.165) is 0 Å². The number of pyridine rings is 1. The number of aromatic nitrogens is 2. The molecule has 5 aromatic rings. The standard InChI is InChI=1S/C34H36FN4O7P/c1-4-38(18-19-47(44,37-22(3)34(43)45-5-2)46-25-10-7-6-8-11-25)32(41)28-26-12-9-17-36-30(26)31(40)29-27(28)21-39(33(29)42)20-23-13-15-24(35)16-14-23/h6-17,21-22,40,42H,4-5,18-20H2,1-3H3,(H,37,44)/t22-,47?/m0/s1. The number of amides is 1. The van der Waals surface area contributed by atoms with Gasteiger partial charge in [0.05, 0.1) is 30.3 Å². The Kier molecular flexibility index (Phi) is 10.1. The van der Waals surface area contributed by atoms with E-state index in [4.69, 9.17) is 9.26 Å². The molecule has 3 N–H and O–H groups in total. The van der Waals surface area contributed by atoms with E-state index < -0.39 is 31.3 Å². The summed E-state index contributed by atoms with van der Waals surface area (Å²) in [5.74, 6) is -1.71. The number of carbonyl (C=O) groups excluding carboxylic acids is 2. The summed E-state index contributed by atoms with van der Waals surface area (Å²) >= 11 is 0. The topological polar surface area (TPSA) is 143 Å². The number of hydrogen-bond donors (Lipinski definition) is 3. The molecule has 47 heavy (non-hydrogen) atoms. The third kappa shape index (κ3) is 7.24. The van der Waals surface area contributed by atoms with E-state index in [0.29, 0.717) is 16.7 Å². The lowest BCUT2D eigenvalue weighted by molar-refractivity contribution is -0.144. The monoisotopic (exact) mass is 662 g/mol. The molecular formula is C34H36FN4O7P. The smallest absolute Gasteiger partial charge is 0.323 e. The first-order valence-electron chi connectivity index (χ1n) is 15.2. The van der Waals surface area contributed by atoms with Crippen LogP contribution < -0.4 is 9.61 Å². The van der Waals surface area contributed by atoms with Gasteiger partial charge in [-0.25, -0.2) is 9.48 Å². The number of aromatic hydroxyl groups is 2. The maximum atomic E-state index is 14.4. The molecule has 13 heteroatoms. The Morgan fingerprint density at radius 1 is 1.04 bits per heavy atom. The highest BCUT2D eigenvalue weighted by Crippen LogP contribution is 2.45. The van der Waals surface area contributed by atoms with E-state index in [1.165, 1.54) is 34.7 Å². The first-order chi connectivity index (χ1) is 22.5. The second kappa shape index (κ2) is 14.2. The van der Waals surface area contributed by atoms with Gasteiger partial charge in [0, 0.05) is 36.3 Å². The maximum Gasteiger partial charge on any atom is 0.323 e. The van der Waals surface area contributed by atoms with Crippen molar-refractivity contribution >= 4 is 41.1 Å². The number of para-hydroxylation sites is 1. The Balaban J connectivity index is 1.51. The molecule has 0 bridgehead atoms. The van der Waals surface area contributed by atoms with Crippen molar-refractivity contribution in [2.45, 2.75) is 33.4 Å². The fraction of sp³-hybridized carbons (Fsp3) is 0.265. The number of phenols is 1. The normalized spacial score (nSPS) is 13.3. The molecule has 246 valence electrons. The number of hydrogen-bond acceptors (Lipinski definition) is 8. The van der Waals surface area contributed by atoms with Crippen LogP contribution >= 0.6 is 7.52 Å². The van der Waals surface area contributed by atoms with Crippen molar-refractivity contribution in [3.8, 4) is 17.4 Å². The number of rotatable bonds is 13. The molecule has 11 nitrogen and oxygen atoms in total. The SMILES string of the molecule is CCOC(=O)[C@H](C)NP(=O)(CCN(CC)C(=O)c1c2cccnc2c(O)c2c(O)n(Cc3ccc(F)cc3)cc12)Oc1ccccc1. The quantitative estimate of drug-likeness (QED) is 0.101. The number of carbonyl (C=O) groups is 2. The minimum atomic E-state index is -3.79. The molecule has 0 aliphatic carbocycles. The van der Waals surface area contributed by atoms with Crippen molar-refractivity contribution in [2.24, 2.45) is 0 Å². The van der Waals surface area contributed by atoms with Gasteiger partial charge >= 0.3 is 13.5 Å². The van der Waals surface area contributed by atoms with Gasteiger partial charge in [-0.05, 0) is 56.7 Å². The number of esters is 1. The Hall–Kier alpha value is -4.93. The molecule has 2 atom stereocenters. The summed E-state index contributed by atoms with van der Waals surface area (Å²) in [5.41, 5.74) is 0.991. The van der Waals surface area contributed by atoms with Crippen molar-refractivity contribution in [3.63, 3.8) is 0 Å². The van der Waals surface area contributed by atoms with E-state index in [9.17, 15) is 28.8 Å². The highest BCUT2D eigenvalue weighted by molar-refractivity contribution is 7.57. The second-order valence-corrected chi connectivity index (χ2v) is 13.1. The Morgan fingerprint density at radius 3 is 2.45 bits per heavy atom. The van der Waals surface area contributed by atoms with Crippen LogP contribution in [-0.2, 0) is 20.6 Å². The second-order valence-electron chi connectivity index (χ2n) is 10.9. The number of fused-ring (bicyclic) bond motifs is 2. The molecular weight excluding hydrogens is 626 g/mol. The number of ether oxygens (including phenoxy) is 1. The summed E-state index contributed by atoms with van der Waals surface area (Å²) in [4.78, 5) is 32.6. The van der Waals surface area contributed by atoms with Crippen LogP contribution in [-0.4, -0.2) is 68.4 Å². The first-order valence-corrected chi connectivity index (χ1v) is 17.0. The zero-order chi connectivity index (χ0) is 33.7. The molecule has 2 aromatic heterocycles. The Bertz CT molecular complexity index is 1950. The van der Waals surface area contributed by atoms with Crippen LogP contribution in [0.1, 0.15) is 36.7 Å². The van der Waals surface area contributed by atoms with Gasteiger partial charge < -0.3 is 28.9 Å². The van der Waals surface area contributed by atoms with Crippen LogP contribution in [0.3, 0.4) is 0 Å². The van der Waals surface area contributed by atoms with E-state index in [1.54, 1.807) is 74.6 Å². The molecule has 1 unspecified atom stereocenters. The number of halogens is 1. The fourth-order valence-electron chi connectivity index (χ4n) is 5.38. The highest BCUT2D eigenvalue weighted by Gasteiger charge is 2.33. The van der Waals surface area contributed by atoms with Gasteiger partial charge in [-0.3, -0.25) is 19.1 Å². The van der Waals surface area contributed by atoms with Crippen LogP contribution in [0, 0.1) is 5.82 Å². The van der Waals surface area contributed by atoms with Gasteiger partial charge in [-0.2, -0.15) is 0 Å². The maximum absolute atomic E-state index is 14.4. The van der Waals surface area contributed by atoms with Crippen molar-refractivity contribution in [1.29, 1.82) is 0 Å². The number of nitrogens with zero attached hydrogens (tertiary/aromatic N) is 3. The van der Waals surface area contributed by atoms with Crippen LogP contribution in [0.25, 0.3) is 21.7 Å². The first kappa shape index (κ1) is 33.4. The van der Waals surface area contributed by atoms with Crippen molar-refractivity contribution < 1.29 is 38.0 Å². The van der Waals surface area contributed by atoms with Gasteiger partial charge in [-0.15, -0.1) is 0 Å². The molecule has 0 fully saturated rings. The van der Waals surface area contributed by atoms with Crippen LogP contribution in [0.2, 0.25) is 0 Å². The molecule has 0 saturated heterocycles. The van der Waals surface area contributed by atoms with E-state index in [1.807, 2.05) is 0 Å². The van der Waals surface area contributed by atoms with E-state index >= 15 is 0 Å². The van der Waals surface area contributed by atoms with Gasteiger partial charge in [0.1, 0.15) is 23.1 Å². The highest BCUT2D eigenvalue weighted by atomic mass is 31.2. The summed E-state index contributed by atoms with van der Waals surface area (Å²) < 4.78 is 40.2. The number of nitrogens with one attached hydrogen (secondary N) is 1. The average Bonchev–Trinajstić information content (AvgIpc) is 3.38. The van der Waals surface area contributed by atoms with E-state index in [-0.39, 0.29) is 65.9 Å². The summed E-state index contributed by atoms with van der Waals surface area (Å²) in [5, 5.41) is 25.9. The predicted molar refractivity (Wildman–Crippen MR) is 176 cm³/mol. The van der Waals surface area contributed by atoms with Gasteiger partial charge in [0.15, 0.2) is 5.75 Å². The predicted octanol–water partition coefficient (Wildman–Crippen LogP) is 6.06. The van der Waals surface area contributed by atoms with Crippen LogP contribution in [0.4, 0.5) is 4.39 Å². The lowest BCUT2D eigenvalue weighted by Gasteiger charge is -2.27. The third-order valence-electron chi connectivity index (χ3n) is 7.70. The molecule has 1 amide bonds. The number of phenolic OH excluding ortho intramolecular Hbond substituents is 1. The lowest BCUT2D eigenvalue weighted by atomic mass is 10.00. The molecule has 0 radical (unpaired) electrons. The van der Waals surface area contributed by atoms with Crippen molar-refractivity contribution in [1.82, 2.24) is 19.5 Å². The average molecular weight is 663 g/mol. The molecule has 3 aromatic carbocycles. The molecule has 0 spiro atoms. The lowest BCUT2D eigenvalue weighted by Crippen LogP contribution is -2.38. The van der Waals surface area contributed by atoms with Crippen molar-refractivity contribution in [3.05, 3.63) is 96.1 Å². The Morgan fingerprint density at radius 2 is 1.77 bits per heavy atom. The van der Waals surface area contributed by atoms with Gasteiger partial charge in [0.2, 0.25) is 5.88 Å². The minimum Gasteiger partial charge on any atom is -0.505 e. The minimum absolute atomic E-state index is 0.0333. The Labute approximate surface area is 271 Å². The molecule has 0 aliphatic heterocycles. The molecule has 0 saturated carbocycles. The van der Waals surface area contributed by atoms with Gasteiger partial charge in [0.25, 0.3) is 5.91 Å². The zero-order valence-electron chi connectivity index (χ0n) is 26.2. The summed E-state index contributed by atoms with van der Waals surface area (Å²) in [7, 11) is -3.79. The summed E-state index contributed by atoms with van der Waals surface area (Å²) in [6.45, 7) is 5.43. The largest absolute Gasteiger partial charge is 0.505 e. The number of benzene rings is 3. The molecule has 2 heterocycles.